The number of carbonyl (C=O) groups excluding carboxylic acids is 1. The van der Waals surface area contributed by atoms with Crippen molar-refractivity contribution in [2.24, 2.45) is 5.41 Å². The minimum absolute atomic E-state index is 0.142. The van der Waals surface area contributed by atoms with Gasteiger partial charge in [0.2, 0.25) is 0 Å². The van der Waals surface area contributed by atoms with Crippen LogP contribution in [0.15, 0.2) is 12.3 Å². The van der Waals surface area contributed by atoms with Crippen LogP contribution in [0.4, 0.5) is 0 Å². The number of esters is 1. The monoisotopic (exact) mass is 126 g/mol. The van der Waals surface area contributed by atoms with E-state index in [1.54, 1.807) is 0 Å². The molecular formula is C7H10O2. The molecule has 0 radical (unpaired) electrons. The molecule has 1 aliphatic heterocycles. The highest BCUT2D eigenvalue weighted by atomic mass is 16.5. The molecule has 0 unspecified atom stereocenters. The lowest BCUT2D eigenvalue weighted by Gasteiger charge is -2.12. The van der Waals surface area contributed by atoms with Gasteiger partial charge in [-0.15, -0.1) is 0 Å². The van der Waals surface area contributed by atoms with Crippen LogP contribution in [-0.2, 0) is 9.53 Å². The first kappa shape index (κ1) is 6.33. The van der Waals surface area contributed by atoms with Gasteiger partial charge < -0.3 is 4.74 Å². The van der Waals surface area contributed by atoms with E-state index in [4.69, 9.17) is 4.74 Å². The van der Waals surface area contributed by atoms with Crippen molar-refractivity contribution < 1.29 is 9.53 Å². The molecule has 0 aliphatic carbocycles. The Morgan fingerprint density at radius 1 is 1.67 bits per heavy atom. The van der Waals surface area contributed by atoms with Gasteiger partial charge in [-0.3, -0.25) is 4.79 Å². The van der Waals surface area contributed by atoms with Crippen LogP contribution in [0.2, 0.25) is 0 Å². The van der Waals surface area contributed by atoms with E-state index in [-0.39, 0.29) is 11.4 Å². The fraction of sp³-hybridized carbons (Fsp3) is 0.571. The maximum atomic E-state index is 10.6. The lowest BCUT2D eigenvalue weighted by molar-refractivity contribution is -0.135. The van der Waals surface area contributed by atoms with Gasteiger partial charge in [0.1, 0.15) is 5.76 Å². The van der Waals surface area contributed by atoms with Gasteiger partial charge in [-0.1, -0.05) is 20.4 Å². The van der Waals surface area contributed by atoms with Gasteiger partial charge in [-0.05, 0) is 0 Å². The average Bonchev–Trinajstić information content (AvgIpc) is 1.79. The van der Waals surface area contributed by atoms with Crippen LogP contribution >= 0.6 is 0 Å². The topological polar surface area (TPSA) is 26.3 Å². The van der Waals surface area contributed by atoms with Gasteiger partial charge in [0.05, 0.1) is 6.42 Å². The third-order valence-electron chi connectivity index (χ3n) is 1.58. The van der Waals surface area contributed by atoms with Crippen LogP contribution in [-0.4, -0.2) is 5.97 Å². The Balaban J connectivity index is 2.81. The summed E-state index contributed by atoms with van der Waals surface area (Å²) in [4.78, 5) is 10.6. The highest BCUT2D eigenvalue weighted by Gasteiger charge is 2.35. The molecule has 2 heteroatoms. The molecule has 0 atom stereocenters. The maximum absolute atomic E-state index is 10.6. The van der Waals surface area contributed by atoms with Crippen LogP contribution in [0.1, 0.15) is 20.3 Å². The van der Waals surface area contributed by atoms with E-state index < -0.39 is 0 Å². The van der Waals surface area contributed by atoms with E-state index in [1.807, 2.05) is 13.8 Å². The van der Waals surface area contributed by atoms with Crippen LogP contribution in [0, 0.1) is 5.41 Å². The third-order valence-corrected chi connectivity index (χ3v) is 1.58. The Kier molecular flexibility index (Phi) is 1.12. The molecule has 0 aromatic rings. The molecule has 0 spiro atoms. The van der Waals surface area contributed by atoms with Crippen molar-refractivity contribution in [3.8, 4) is 0 Å². The Hall–Kier alpha value is -0.790. The molecule has 0 amide bonds. The lowest BCUT2D eigenvalue weighted by Crippen LogP contribution is -2.06. The fourth-order valence-corrected chi connectivity index (χ4v) is 0.771. The summed E-state index contributed by atoms with van der Waals surface area (Å²) in [6.45, 7) is 7.50. The van der Waals surface area contributed by atoms with Crippen molar-refractivity contribution in [3.63, 3.8) is 0 Å². The average molecular weight is 126 g/mol. The standard InChI is InChI=1S/C7H10O2/c1-5-7(2,3)4-6(8)9-5/h1,4H2,2-3H3. The summed E-state index contributed by atoms with van der Waals surface area (Å²) < 4.78 is 4.74. The first-order chi connectivity index (χ1) is 4.02. The van der Waals surface area contributed by atoms with Crippen LogP contribution in [0.3, 0.4) is 0 Å². The normalized spacial score (nSPS) is 24.2. The zero-order valence-corrected chi connectivity index (χ0v) is 5.73. The molecule has 9 heavy (non-hydrogen) atoms. The predicted molar refractivity (Wildman–Crippen MR) is 33.6 cm³/mol. The van der Waals surface area contributed by atoms with E-state index >= 15 is 0 Å². The van der Waals surface area contributed by atoms with Crippen molar-refractivity contribution in [2.45, 2.75) is 20.3 Å². The minimum atomic E-state index is -0.162. The second-order valence-corrected chi connectivity index (χ2v) is 2.96. The molecule has 0 saturated carbocycles. The summed E-state index contributed by atoms with van der Waals surface area (Å²) in [7, 11) is 0. The van der Waals surface area contributed by atoms with Crippen LogP contribution in [0.5, 0.6) is 0 Å². The summed E-state index contributed by atoms with van der Waals surface area (Å²) in [5.41, 5.74) is -0.142. The van der Waals surface area contributed by atoms with E-state index in [9.17, 15) is 4.79 Å². The van der Waals surface area contributed by atoms with Gasteiger partial charge in [0.25, 0.3) is 0 Å². The SMILES string of the molecule is C=C1OC(=O)CC1(C)C. The summed E-state index contributed by atoms with van der Waals surface area (Å²) in [6.07, 6.45) is 0.464. The number of hydrogen-bond acceptors (Lipinski definition) is 2. The van der Waals surface area contributed by atoms with Crippen molar-refractivity contribution in [1.29, 1.82) is 0 Å². The van der Waals surface area contributed by atoms with Crippen LogP contribution in [0.25, 0.3) is 0 Å². The van der Waals surface area contributed by atoms with Crippen LogP contribution < -0.4 is 0 Å². The number of hydrogen-bond donors (Lipinski definition) is 0. The molecule has 0 N–H and O–H groups in total. The molecule has 0 aromatic heterocycles. The van der Waals surface area contributed by atoms with Crippen molar-refractivity contribution in [1.82, 2.24) is 0 Å². The van der Waals surface area contributed by atoms with Gasteiger partial charge in [0, 0.05) is 5.41 Å². The summed E-state index contributed by atoms with van der Waals surface area (Å²) in [5.74, 6) is 0.428. The minimum Gasteiger partial charge on any atom is -0.431 e. The molecule has 1 heterocycles. The molecule has 0 aromatic carbocycles. The van der Waals surface area contributed by atoms with Crippen molar-refractivity contribution >= 4 is 5.97 Å². The number of carbonyl (C=O) groups is 1. The number of allylic oxidation sites excluding steroid dienone is 1. The maximum Gasteiger partial charge on any atom is 0.311 e. The summed E-state index contributed by atoms with van der Waals surface area (Å²) in [6, 6.07) is 0. The molecule has 1 rings (SSSR count). The van der Waals surface area contributed by atoms with E-state index in [0.29, 0.717) is 12.2 Å². The first-order valence-electron chi connectivity index (χ1n) is 2.92. The Morgan fingerprint density at radius 3 is 2.33 bits per heavy atom. The quantitative estimate of drug-likeness (QED) is 0.459. The van der Waals surface area contributed by atoms with Gasteiger partial charge >= 0.3 is 5.97 Å². The van der Waals surface area contributed by atoms with E-state index in [1.165, 1.54) is 0 Å². The zero-order chi connectivity index (χ0) is 7.07. The summed E-state index contributed by atoms with van der Waals surface area (Å²) >= 11 is 0. The first-order valence-corrected chi connectivity index (χ1v) is 2.92. The third kappa shape index (κ3) is 0.969. The number of rotatable bonds is 0. The Bertz CT molecular complexity index is 168. The van der Waals surface area contributed by atoms with Crippen molar-refractivity contribution in [2.75, 3.05) is 0 Å². The molecule has 1 aliphatic rings. The van der Waals surface area contributed by atoms with Crippen molar-refractivity contribution in [3.05, 3.63) is 12.3 Å². The van der Waals surface area contributed by atoms with Gasteiger partial charge in [0.15, 0.2) is 0 Å². The Labute approximate surface area is 54.5 Å². The second-order valence-electron chi connectivity index (χ2n) is 2.96. The molecule has 50 valence electrons. The molecular weight excluding hydrogens is 116 g/mol. The molecule has 1 saturated heterocycles. The lowest BCUT2D eigenvalue weighted by atomic mass is 9.90. The highest BCUT2D eigenvalue weighted by molar-refractivity contribution is 5.75. The zero-order valence-electron chi connectivity index (χ0n) is 5.73. The largest absolute Gasteiger partial charge is 0.431 e. The fourth-order valence-electron chi connectivity index (χ4n) is 0.771. The smallest absolute Gasteiger partial charge is 0.311 e. The second kappa shape index (κ2) is 1.59. The predicted octanol–water partition coefficient (Wildman–Crippen LogP) is 1.47. The van der Waals surface area contributed by atoms with E-state index in [0.717, 1.165) is 0 Å². The van der Waals surface area contributed by atoms with Gasteiger partial charge in [-0.25, -0.2) is 0 Å². The van der Waals surface area contributed by atoms with Gasteiger partial charge in [-0.2, -0.15) is 0 Å². The van der Waals surface area contributed by atoms with E-state index in [2.05, 4.69) is 6.58 Å². The molecule has 1 fully saturated rings. The number of cyclic esters (lactones) is 1. The molecule has 0 bridgehead atoms. The Morgan fingerprint density at radius 2 is 2.22 bits per heavy atom. The molecule has 2 nitrogen and oxygen atoms in total. The summed E-state index contributed by atoms with van der Waals surface area (Å²) in [5, 5.41) is 0. The number of ether oxygens (including phenoxy) is 1. The highest BCUT2D eigenvalue weighted by Crippen LogP contribution is 2.36.